The highest BCUT2D eigenvalue weighted by molar-refractivity contribution is 6.06. The van der Waals surface area contributed by atoms with Crippen molar-refractivity contribution in [1.29, 1.82) is 5.26 Å². The average molecular weight is 374 g/mol. The Kier molecular flexibility index (Phi) is 4.88. The van der Waals surface area contributed by atoms with Gasteiger partial charge in [-0.05, 0) is 24.3 Å². The highest BCUT2D eigenvalue weighted by Crippen LogP contribution is 2.44. The van der Waals surface area contributed by atoms with E-state index in [-0.39, 0.29) is 17.0 Å². The molecule has 0 aliphatic carbocycles. The van der Waals surface area contributed by atoms with Crippen LogP contribution in [0.4, 0.5) is 11.4 Å². The van der Waals surface area contributed by atoms with Gasteiger partial charge in [-0.3, -0.25) is 14.5 Å². The van der Waals surface area contributed by atoms with E-state index < -0.39 is 17.6 Å². The highest BCUT2D eigenvalue weighted by atomic mass is 16.6. The van der Waals surface area contributed by atoms with Crippen molar-refractivity contribution in [2.24, 2.45) is 5.73 Å². The lowest BCUT2D eigenvalue weighted by atomic mass is 9.99. The van der Waals surface area contributed by atoms with Crippen molar-refractivity contribution in [2.75, 3.05) is 10.2 Å². The molecule has 1 amide bonds. The number of anilines is 2. The quantitative estimate of drug-likeness (QED) is 0.797. The zero-order valence-corrected chi connectivity index (χ0v) is 15.2. The van der Waals surface area contributed by atoms with Crippen LogP contribution < -0.4 is 16.0 Å². The van der Waals surface area contributed by atoms with Gasteiger partial charge in [-0.2, -0.15) is 5.26 Å². The molecule has 7 nitrogen and oxygen atoms in total. The summed E-state index contributed by atoms with van der Waals surface area (Å²) in [4.78, 5) is 26.7. The van der Waals surface area contributed by atoms with Gasteiger partial charge in [0.15, 0.2) is 0 Å². The van der Waals surface area contributed by atoms with Crippen LogP contribution in [0.3, 0.4) is 0 Å². The van der Waals surface area contributed by atoms with Crippen molar-refractivity contribution in [3.8, 4) is 6.07 Å². The number of hydrogen-bond acceptors (Lipinski definition) is 6. The molecule has 140 valence electrons. The normalized spacial score (nSPS) is 18.6. The molecule has 3 N–H and O–H groups in total. The van der Waals surface area contributed by atoms with Gasteiger partial charge in [-0.1, -0.05) is 43.0 Å². The summed E-state index contributed by atoms with van der Waals surface area (Å²) >= 11 is 0. The number of nitrogens with one attached hydrogen (secondary N) is 1. The molecule has 0 fully saturated rings. The molecule has 0 bridgehead atoms. The second kappa shape index (κ2) is 7.29. The number of esters is 1. The molecular formula is C21H18N4O3. The summed E-state index contributed by atoms with van der Waals surface area (Å²) in [6.07, 6.45) is 0. The van der Waals surface area contributed by atoms with Crippen LogP contribution in [-0.2, 0) is 14.3 Å². The Morgan fingerprint density at radius 1 is 1.14 bits per heavy atom. The van der Waals surface area contributed by atoms with E-state index >= 15 is 0 Å². The summed E-state index contributed by atoms with van der Waals surface area (Å²) in [6.45, 7) is 5.04. The molecule has 0 saturated heterocycles. The van der Waals surface area contributed by atoms with Gasteiger partial charge in [0.25, 0.3) is 11.6 Å². The molecule has 7 heteroatoms. The van der Waals surface area contributed by atoms with E-state index in [2.05, 4.69) is 11.9 Å². The second-order valence-electron chi connectivity index (χ2n) is 6.08. The van der Waals surface area contributed by atoms with Crippen molar-refractivity contribution in [1.82, 2.24) is 0 Å². The van der Waals surface area contributed by atoms with Crippen LogP contribution in [0, 0.1) is 11.3 Å². The summed E-state index contributed by atoms with van der Waals surface area (Å²) in [7, 11) is 0. The molecule has 1 heterocycles. The number of rotatable bonds is 4. The molecule has 2 aromatic rings. The fourth-order valence-electron chi connectivity index (χ4n) is 3.10. The maximum absolute atomic E-state index is 13.4. The lowest BCUT2D eigenvalue weighted by Gasteiger charge is -2.38. The first-order valence-corrected chi connectivity index (χ1v) is 8.42. The fourth-order valence-corrected chi connectivity index (χ4v) is 3.10. The number of nitrogens with zero attached hydrogens (tertiary/aromatic N) is 2. The van der Waals surface area contributed by atoms with Crippen LogP contribution in [0.5, 0.6) is 0 Å². The van der Waals surface area contributed by atoms with E-state index in [9.17, 15) is 14.9 Å². The first-order chi connectivity index (χ1) is 13.4. The lowest BCUT2D eigenvalue weighted by molar-refractivity contribution is -0.159. The number of nitriles is 1. The first kappa shape index (κ1) is 18.7. The number of carbonyl (C=O) groups is 2. The molecule has 1 unspecified atom stereocenters. The predicted octanol–water partition coefficient (Wildman–Crippen LogP) is 2.65. The number of hydrogen-bond donors (Lipinski definition) is 2. The van der Waals surface area contributed by atoms with Crippen molar-refractivity contribution in [3.05, 3.63) is 84.2 Å². The van der Waals surface area contributed by atoms with Crippen LogP contribution in [0.1, 0.15) is 6.92 Å². The van der Waals surface area contributed by atoms with Crippen molar-refractivity contribution < 1.29 is 14.3 Å². The lowest BCUT2D eigenvalue weighted by Crippen LogP contribution is -2.58. The van der Waals surface area contributed by atoms with Crippen LogP contribution in [0.15, 0.2) is 84.2 Å². The van der Waals surface area contributed by atoms with Crippen LogP contribution in [0.25, 0.3) is 0 Å². The summed E-state index contributed by atoms with van der Waals surface area (Å²) in [5.41, 5.74) is 5.08. The molecule has 1 atom stereocenters. The van der Waals surface area contributed by atoms with Gasteiger partial charge in [-0.15, -0.1) is 0 Å². The molecule has 0 aromatic heterocycles. The van der Waals surface area contributed by atoms with Gasteiger partial charge < -0.3 is 15.8 Å². The van der Waals surface area contributed by atoms with Gasteiger partial charge in [0, 0.05) is 23.9 Å². The maximum Gasteiger partial charge on any atom is 0.305 e. The first-order valence-electron chi connectivity index (χ1n) is 8.42. The van der Waals surface area contributed by atoms with E-state index in [4.69, 9.17) is 10.5 Å². The topological polar surface area (TPSA) is 108 Å². The summed E-state index contributed by atoms with van der Waals surface area (Å²) in [5.74, 6) is -1.45. The minimum atomic E-state index is -2.03. The molecular weight excluding hydrogens is 356 g/mol. The third kappa shape index (κ3) is 2.97. The third-order valence-electron chi connectivity index (χ3n) is 4.28. The van der Waals surface area contributed by atoms with Gasteiger partial charge in [0.2, 0.25) is 0 Å². The SMILES string of the molecule is C=C1C(C#N)=C(N)N(c2ccccc2)C1(OC(C)=O)C(=O)Nc1ccccc1. The number of ether oxygens (including phenoxy) is 1. The summed E-state index contributed by atoms with van der Waals surface area (Å²) in [5, 5.41) is 12.3. The Balaban J connectivity index is 2.18. The smallest absolute Gasteiger partial charge is 0.305 e. The Labute approximate surface area is 162 Å². The van der Waals surface area contributed by atoms with Crippen LogP contribution in [0.2, 0.25) is 0 Å². The predicted molar refractivity (Wildman–Crippen MR) is 104 cm³/mol. The zero-order valence-electron chi connectivity index (χ0n) is 15.2. The third-order valence-corrected chi connectivity index (χ3v) is 4.28. The largest absolute Gasteiger partial charge is 0.424 e. The zero-order chi connectivity index (χ0) is 20.3. The van der Waals surface area contributed by atoms with Crippen molar-refractivity contribution >= 4 is 23.3 Å². The van der Waals surface area contributed by atoms with Crippen LogP contribution >= 0.6 is 0 Å². The van der Waals surface area contributed by atoms with Gasteiger partial charge in [-0.25, -0.2) is 0 Å². The maximum atomic E-state index is 13.4. The highest BCUT2D eigenvalue weighted by Gasteiger charge is 2.58. The molecule has 0 saturated carbocycles. The van der Waals surface area contributed by atoms with Gasteiger partial charge in [0.05, 0.1) is 0 Å². The number of benzene rings is 2. The molecule has 28 heavy (non-hydrogen) atoms. The Morgan fingerprint density at radius 3 is 2.25 bits per heavy atom. The van der Waals surface area contributed by atoms with Crippen molar-refractivity contribution in [3.63, 3.8) is 0 Å². The van der Waals surface area contributed by atoms with Crippen molar-refractivity contribution in [2.45, 2.75) is 12.6 Å². The number of carbonyl (C=O) groups excluding carboxylic acids is 2. The van der Waals surface area contributed by atoms with Gasteiger partial charge in [0.1, 0.15) is 17.5 Å². The standard InChI is InChI=1S/C21H18N4O3/c1-14-18(13-22)19(23)25(17-11-7-4-8-12-17)21(14,28-15(2)26)20(27)24-16-9-5-3-6-10-16/h3-12H,1,23H2,2H3,(H,24,27). The minimum absolute atomic E-state index is 0.0139. The minimum Gasteiger partial charge on any atom is -0.424 e. The fraction of sp³-hybridized carbons (Fsp3) is 0.0952. The van der Waals surface area contributed by atoms with E-state index in [1.807, 2.05) is 6.07 Å². The van der Waals surface area contributed by atoms with Gasteiger partial charge >= 0.3 is 5.97 Å². The molecule has 2 aromatic carbocycles. The Hall–Kier alpha value is -4.05. The van der Waals surface area contributed by atoms with E-state index in [1.54, 1.807) is 60.7 Å². The van der Waals surface area contributed by atoms with Crippen LogP contribution in [-0.4, -0.2) is 17.6 Å². The van der Waals surface area contributed by atoms with E-state index in [0.717, 1.165) is 0 Å². The number of para-hydroxylation sites is 2. The average Bonchev–Trinajstić information content (AvgIpc) is 2.89. The molecule has 1 aliphatic rings. The summed E-state index contributed by atoms with van der Waals surface area (Å²) in [6, 6.07) is 19.3. The molecule has 3 rings (SSSR count). The molecule has 0 radical (unpaired) electrons. The molecule has 0 spiro atoms. The monoisotopic (exact) mass is 374 g/mol. The van der Waals surface area contributed by atoms with E-state index in [1.165, 1.54) is 11.8 Å². The van der Waals surface area contributed by atoms with E-state index in [0.29, 0.717) is 11.4 Å². The number of nitrogens with two attached hydrogens (primary N) is 1. The Morgan fingerprint density at radius 2 is 1.71 bits per heavy atom. The number of amides is 1. The Bertz CT molecular complexity index is 1010. The molecule has 1 aliphatic heterocycles. The summed E-state index contributed by atoms with van der Waals surface area (Å²) < 4.78 is 5.52. The second-order valence-corrected chi connectivity index (χ2v) is 6.08.